The van der Waals surface area contributed by atoms with E-state index in [1.54, 1.807) is 7.05 Å². The zero-order valence-corrected chi connectivity index (χ0v) is 8.34. The molecule has 72 valence electrons. The van der Waals surface area contributed by atoms with Crippen LogP contribution in [0.4, 0.5) is 0 Å². The molecule has 12 heavy (non-hydrogen) atoms. The van der Waals surface area contributed by atoms with Gasteiger partial charge in [-0.05, 0) is 19.8 Å². The summed E-state index contributed by atoms with van der Waals surface area (Å²) in [6.45, 7) is 2.20. The minimum absolute atomic E-state index is 0.0874. The molecule has 0 bridgehead atoms. The first-order chi connectivity index (χ1) is 5.50. The van der Waals surface area contributed by atoms with Crippen LogP contribution in [-0.4, -0.2) is 37.6 Å². The maximum atomic E-state index is 11.6. The summed E-state index contributed by atoms with van der Waals surface area (Å²) in [5.41, 5.74) is 5.38. The maximum absolute atomic E-state index is 11.6. The molecule has 0 aromatic carbocycles. The molecule has 1 unspecified atom stereocenters. The molecule has 0 amide bonds. The normalized spacial score (nSPS) is 21.3. The number of hydrogen-bond donors (Lipinski definition) is 1. The Morgan fingerprint density at radius 1 is 1.58 bits per heavy atom. The van der Waals surface area contributed by atoms with E-state index in [0.717, 1.165) is 12.8 Å². The summed E-state index contributed by atoms with van der Waals surface area (Å²) >= 11 is 0. The lowest BCUT2D eigenvalue weighted by atomic mass is 10.4. The van der Waals surface area contributed by atoms with Crippen molar-refractivity contribution in [2.75, 3.05) is 13.6 Å². The van der Waals surface area contributed by atoms with Crippen LogP contribution in [0.5, 0.6) is 0 Å². The molecule has 1 aliphatic carbocycles. The van der Waals surface area contributed by atoms with E-state index in [2.05, 4.69) is 0 Å². The predicted octanol–water partition coefficient (Wildman–Crippen LogP) is -0.242. The summed E-state index contributed by atoms with van der Waals surface area (Å²) in [5, 5.41) is -0.128. The molecule has 1 atom stereocenters. The highest BCUT2D eigenvalue weighted by Crippen LogP contribution is 2.30. The summed E-state index contributed by atoms with van der Waals surface area (Å²) in [4.78, 5) is 0. The SMILES string of the molecule is CC(CN)N(C)S(=O)(=O)C1CC1. The molecule has 0 heterocycles. The summed E-state index contributed by atoms with van der Waals surface area (Å²) in [6, 6.07) is -0.0874. The molecular formula is C7H16N2O2S. The monoisotopic (exact) mass is 192 g/mol. The third-order valence-electron chi connectivity index (χ3n) is 2.31. The molecule has 5 heteroatoms. The molecule has 0 aliphatic heterocycles. The van der Waals surface area contributed by atoms with Crippen molar-refractivity contribution in [2.45, 2.75) is 31.1 Å². The van der Waals surface area contributed by atoms with Crippen molar-refractivity contribution in [3.63, 3.8) is 0 Å². The number of sulfonamides is 1. The van der Waals surface area contributed by atoms with E-state index in [4.69, 9.17) is 5.73 Å². The minimum atomic E-state index is -3.02. The zero-order chi connectivity index (χ0) is 9.35. The summed E-state index contributed by atoms with van der Waals surface area (Å²) in [5.74, 6) is 0. The third kappa shape index (κ3) is 1.78. The van der Waals surface area contributed by atoms with Gasteiger partial charge in [0.15, 0.2) is 0 Å². The van der Waals surface area contributed by atoms with Crippen LogP contribution in [0, 0.1) is 0 Å². The highest BCUT2D eigenvalue weighted by Gasteiger charge is 2.39. The lowest BCUT2D eigenvalue weighted by Gasteiger charge is -2.22. The van der Waals surface area contributed by atoms with E-state index in [0.29, 0.717) is 6.54 Å². The second kappa shape index (κ2) is 3.32. The number of hydrogen-bond acceptors (Lipinski definition) is 3. The molecule has 1 fully saturated rings. The fourth-order valence-electron chi connectivity index (χ4n) is 1.00. The molecule has 0 aromatic heterocycles. The molecule has 0 saturated heterocycles. The van der Waals surface area contributed by atoms with E-state index in [1.807, 2.05) is 6.92 Å². The van der Waals surface area contributed by atoms with Gasteiger partial charge in [0.05, 0.1) is 5.25 Å². The third-order valence-corrected chi connectivity index (χ3v) is 4.79. The molecule has 0 radical (unpaired) electrons. The van der Waals surface area contributed by atoms with Crippen molar-refractivity contribution in [3.05, 3.63) is 0 Å². The first-order valence-electron chi connectivity index (χ1n) is 4.17. The van der Waals surface area contributed by atoms with Gasteiger partial charge in [-0.15, -0.1) is 0 Å². The van der Waals surface area contributed by atoms with Crippen molar-refractivity contribution < 1.29 is 8.42 Å². The van der Waals surface area contributed by atoms with Crippen molar-refractivity contribution in [1.29, 1.82) is 0 Å². The van der Waals surface area contributed by atoms with Gasteiger partial charge in [0.25, 0.3) is 0 Å². The Labute approximate surface area is 73.8 Å². The smallest absolute Gasteiger partial charge is 0.217 e. The number of nitrogens with two attached hydrogens (primary N) is 1. The van der Waals surface area contributed by atoms with Gasteiger partial charge >= 0.3 is 0 Å². The van der Waals surface area contributed by atoms with Crippen molar-refractivity contribution in [2.24, 2.45) is 5.73 Å². The first kappa shape index (κ1) is 9.95. The van der Waals surface area contributed by atoms with E-state index in [1.165, 1.54) is 4.31 Å². The number of rotatable bonds is 4. The number of nitrogens with zero attached hydrogens (tertiary/aromatic N) is 1. The fourth-order valence-corrected chi connectivity index (χ4v) is 2.79. The topological polar surface area (TPSA) is 63.4 Å². The van der Waals surface area contributed by atoms with Gasteiger partial charge in [0.1, 0.15) is 0 Å². The molecule has 1 aliphatic rings. The van der Waals surface area contributed by atoms with Crippen LogP contribution in [0.1, 0.15) is 19.8 Å². The van der Waals surface area contributed by atoms with Gasteiger partial charge in [-0.1, -0.05) is 0 Å². The predicted molar refractivity (Wildman–Crippen MR) is 48.2 cm³/mol. The molecule has 4 nitrogen and oxygen atoms in total. The van der Waals surface area contributed by atoms with Crippen LogP contribution in [-0.2, 0) is 10.0 Å². The average Bonchev–Trinajstić information content (AvgIpc) is 2.83. The minimum Gasteiger partial charge on any atom is -0.329 e. The molecular weight excluding hydrogens is 176 g/mol. The Balaban J connectivity index is 2.67. The van der Waals surface area contributed by atoms with Crippen LogP contribution in [0.3, 0.4) is 0 Å². The second-order valence-corrected chi connectivity index (χ2v) is 5.62. The molecule has 0 spiro atoms. The van der Waals surface area contributed by atoms with Gasteiger partial charge in [-0.3, -0.25) is 0 Å². The summed E-state index contributed by atoms with van der Waals surface area (Å²) in [7, 11) is -1.42. The molecule has 2 N–H and O–H groups in total. The second-order valence-electron chi connectivity index (χ2n) is 3.35. The van der Waals surface area contributed by atoms with E-state index >= 15 is 0 Å². The quantitative estimate of drug-likeness (QED) is 0.668. The highest BCUT2D eigenvalue weighted by molar-refractivity contribution is 7.90. The Bertz CT molecular complexity index is 246. The fraction of sp³-hybridized carbons (Fsp3) is 1.00. The van der Waals surface area contributed by atoms with Crippen molar-refractivity contribution in [3.8, 4) is 0 Å². The summed E-state index contributed by atoms with van der Waals surface area (Å²) in [6.07, 6.45) is 1.62. The molecule has 1 saturated carbocycles. The zero-order valence-electron chi connectivity index (χ0n) is 7.53. The standard InChI is InChI=1S/C7H16N2O2S/c1-6(5-8)9(2)12(10,11)7-3-4-7/h6-7H,3-5,8H2,1-2H3. The number of likely N-dealkylation sites (N-methyl/N-ethyl adjacent to an activating group) is 1. The summed E-state index contributed by atoms with van der Waals surface area (Å²) < 4.78 is 24.5. The lowest BCUT2D eigenvalue weighted by Crippen LogP contribution is -2.41. The van der Waals surface area contributed by atoms with E-state index in [-0.39, 0.29) is 11.3 Å². The lowest BCUT2D eigenvalue weighted by molar-refractivity contribution is 0.394. The average molecular weight is 192 g/mol. The molecule has 1 rings (SSSR count). The van der Waals surface area contributed by atoms with Crippen LogP contribution in [0.15, 0.2) is 0 Å². The van der Waals surface area contributed by atoms with Gasteiger partial charge in [0.2, 0.25) is 10.0 Å². The first-order valence-corrected chi connectivity index (χ1v) is 5.67. The van der Waals surface area contributed by atoms with Crippen LogP contribution in [0.2, 0.25) is 0 Å². The maximum Gasteiger partial charge on any atom is 0.217 e. The Hall–Kier alpha value is -0.130. The van der Waals surface area contributed by atoms with Crippen LogP contribution >= 0.6 is 0 Å². The highest BCUT2D eigenvalue weighted by atomic mass is 32.2. The van der Waals surface area contributed by atoms with Gasteiger partial charge in [0, 0.05) is 19.6 Å². The Kier molecular flexibility index (Phi) is 2.75. The Morgan fingerprint density at radius 3 is 2.42 bits per heavy atom. The van der Waals surface area contributed by atoms with Crippen molar-refractivity contribution in [1.82, 2.24) is 4.31 Å². The van der Waals surface area contributed by atoms with Crippen molar-refractivity contribution >= 4 is 10.0 Å². The van der Waals surface area contributed by atoms with Crippen LogP contribution in [0.25, 0.3) is 0 Å². The van der Waals surface area contributed by atoms with E-state index < -0.39 is 10.0 Å². The van der Waals surface area contributed by atoms with Crippen LogP contribution < -0.4 is 5.73 Å². The molecule has 0 aromatic rings. The largest absolute Gasteiger partial charge is 0.329 e. The van der Waals surface area contributed by atoms with E-state index in [9.17, 15) is 8.42 Å². The van der Waals surface area contributed by atoms with Gasteiger partial charge in [-0.2, -0.15) is 0 Å². The van der Waals surface area contributed by atoms with Gasteiger partial charge < -0.3 is 5.73 Å². The van der Waals surface area contributed by atoms with Gasteiger partial charge in [-0.25, -0.2) is 12.7 Å². The Morgan fingerprint density at radius 2 is 2.08 bits per heavy atom.